The van der Waals surface area contributed by atoms with Crippen LogP contribution in [0.15, 0.2) is 42.5 Å². The molecule has 0 N–H and O–H groups in total. The molecule has 0 unspecified atom stereocenters. The van der Waals surface area contributed by atoms with Gasteiger partial charge in [-0.25, -0.2) is 0 Å². The van der Waals surface area contributed by atoms with Gasteiger partial charge in [0.15, 0.2) is 11.5 Å². The molecule has 0 spiro atoms. The number of ether oxygens (including phenoxy) is 2. The molecule has 1 heterocycles. The molecule has 2 aromatic carbocycles. The van der Waals surface area contributed by atoms with Gasteiger partial charge in [0.25, 0.3) is 0 Å². The van der Waals surface area contributed by atoms with Gasteiger partial charge in [0.2, 0.25) is 5.91 Å². The number of carbonyl (C=O) groups is 2. The Bertz CT molecular complexity index is 831. The summed E-state index contributed by atoms with van der Waals surface area (Å²) in [5, 5.41) is 11.0. The molecule has 1 fully saturated rings. The molecule has 0 saturated carbocycles. The maximum Gasteiger partial charge on any atom is 0.223 e. The number of methoxy groups -OCH3 is 1. The molecular weight excluding hydrogens is 346 g/mol. The van der Waals surface area contributed by atoms with Crippen LogP contribution < -0.4 is 14.6 Å². The smallest absolute Gasteiger partial charge is 0.223 e. The van der Waals surface area contributed by atoms with Crippen molar-refractivity contribution in [2.24, 2.45) is 5.92 Å². The van der Waals surface area contributed by atoms with E-state index in [0.717, 1.165) is 11.1 Å². The number of hydrogen-bond acceptors (Lipinski definition) is 5. The molecule has 27 heavy (non-hydrogen) atoms. The highest BCUT2D eigenvalue weighted by Crippen LogP contribution is 2.30. The Kier molecular flexibility index (Phi) is 5.64. The van der Waals surface area contributed by atoms with Gasteiger partial charge in [-0.3, -0.25) is 4.79 Å². The largest absolute Gasteiger partial charge is 0.550 e. The molecule has 1 aliphatic heterocycles. The van der Waals surface area contributed by atoms with Crippen LogP contribution in [-0.2, 0) is 22.7 Å². The summed E-state index contributed by atoms with van der Waals surface area (Å²) in [4.78, 5) is 24.5. The van der Waals surface area contributed by atoms with E-state index in [1.54, 1.807) is 13.2 Å². The average Bonchev–Trinajstić information content (AvgIpc) is 3.02. The van der Waals surface area contributed by atoms with Crippen LogP contribution in [-0.4, -0.2) is 30.4 Å². The normalized spacial score (nSPS) is 16.4. The fourth-order valence-electron chi connectivity index (χ4n) is 3.08. The molecule has 1 amide bonds. The molecule has 1 saturated heterocycles. The van der Waals surface area contributed by atoms with E-state index in [1.165, 1.54) is 10.5 Å². The Morgan fingerprint density at radius 2 is 1.85 bits per heavy atom. The minimum absolute atomic E-state index is 0.00277. The number of likely N-dealkylation sites (tertiary alicyclic amines) is 1. The van der Waals surface area contributed by atoms with Gasteiger partial charge < -0.3 is 24.3 Å². The Morgan fingerprint density at radius 3 is 2.48 bits per heavy atom. The van der Waals surface area contributed by atoms with Crippen molar-refractivity contribution in [2.75, 3.05) is 13.7 Å². The third kappa shape index (κ3) is 4.58. The second-order valence-electron chi connectivity index (χ2n) is 6.75. The fourth-order valence-corrected chi connectivity index (χ4v) is 3.08. The van der Waals surface area contributed by atoms with Crippen LogP contribution in [0.4, 0.5) is 0 Å². The molecular formula is C21H22NO5-. The summed E-state index contributed by atoms with van der Waals surface area (Å²) in [6.45, 7) is 2.97. The van der Waals surface area contributed by atoms with Gasteiger partial charge in [-0.2, -0.15) is 0 Å². The highest BCUT2D eigenvalue weighted by Gasteiger charge is 2.30. The summed E-state index contributed by atoms with van der Waals surface area (Å²) in [5.41, 5.74) is 3.10. The second kappa shape index (κ2) is 8.12. The molecule has 0 bridgehead atoms. The van der Waals surface area contributed by atoms with Crippen molar-refractivity contribution < 1.29 is 24.2 Å². The summed E-state index contributed by atoms with van der Waals surface area (Å²) in [6, 6.07) is 13.6. The van der Waals surface area contributed by atoms with Crippen LogP contribution in [0, 0.1) is 12.8 Å². The van der Waals surface area contributed by atoms with E-state index in [0.29, 0.717) is 24.7 Å². The van der Waals surface area contributed by atoms with E-state index in [1.807, 2.05) is 43.3 Å². The Labute approximate surface area is 158 Å². The van der Waals surface area contributed by atoms with Crippen LogP contribution in [0.1, 0.15) is 23.1 Å². The second-order valence-corrected chi connectivity index (χ2v) is 6.75. The van der Waals surface area contributed by atoms with Gasteiger partial charge in [0.1, 0.15) is 6.61 Å². The van der Waals surface area contributed by atoms with Gasteiger partial charge in [0.05, 0.1) is 7.11 Å². The lowest BCUT2D eigenvalue weighted by molar-refractivity contribution is -0.311. The predicted molar refractivity (Wildman–Crippen MR) is 97.0 cm³/mol. The first-order valence-corrected chi connectivity index (χ1v) is 8.80. The molecule has 0 aliphatic carbocycles. The number of carboxylic acid groups (broad SMARTS) is 1. The number of carboxylic acids is 1. The van der Waals surface area contributed by atoms with Crippen molar-refractivity contribution in [2.45, 2.75) is 26.5 Å². The molecule has 6 nitrogen and oxygen atoms in total. The standard InChI is InChI=1S/C21H23NO5/c1-14-3-5-15(6-4-14)13-27-18-8-7-16(9-19(18)26-2)11-22-12-17(21(24)25)10-20(22)23/h3-9,17H,10-13H2,1-2H3,(H,24,25)/p-1/t17-/m1/s1. The zero-order valence-corrected chi connectivity index (χ0v) is 15.4. The molecule has 6 heteroatoms. The summed E-state index contributed by atoms with van der Waals surface area (Å²) >= 11 is 0. The van der Waals surface area contributed by atoms with Crippen molar-refractivity contribution >= 4 is 11.9 Å². The Morgan fingerprint density at radius 1 is 1.15 bits per heavy atom. The fraction of sp³-hybridized carbons (Fsp3) is 0.333. The lowest BCUT2D eigenvalue weighted by atomic mass is 10.1. The van der Waals surface area contributed by atoms with E-state index in [-0.39, 0.29) is 18.9 Å². The summed E-state index contributed by atoms with van der Waals surface area (Å²) in [5.74, 6) is -0.910. The quantitative estimate of drug-likeness (QED) is 0.743. The third-order valence-corrected chi connectivity index (χ3v) is 4.66. The number of nitrogens with zero attached hydrogens (tertiary/aromatic N) is 1. The number of aryl methyl sites for hydroxylation is 1. The zero-order valence-electron chi connectivity index (χ0n) is 15.4. The molecule has 1 aliphatic rings. The van der Waals surface area contributed by atoms with Crippen LogP contribution in [0.5, 0.6) is 11.5 Å². The number of rotatable bonds is 7. The van der Waals surface area contributed by atoms with Crippen LogP contribution in [0.3, 0.4) is 0 Å². The number of hydrogen-bond donors (Lipinski definition) is 0. The summed E-state index contributed by atoms with van der Waals surface area (Å²) < 4.78 is 11.3. The lowest BCUT2D eigenvalue weighted by Crippen LogP contribution is -2.33. The molecule has 0 aromatic heterocycles. The van der Waals surface area contributed by atoms with Gasteiger partial charge in [-0.15, -0.1) is 0 Å². The topological polar surface area (TPSA) is 78.9 Å². The highest BCUT2D eigenvalue weighted by atomic mass is 16.5. The molecule has 1 atom stereocenters. The molecule has 142 valence electrons. The van der Waals surface area contributed by atoms with Crippen molar-refractivity contribution in [3.8, 4) is 11.5 Å². The first-order chi connectivity index (χ1) is 13.0. The maximum absolute atomic E-state index is 12.0. The van der Waals surface area contributed by atoms with Crippen molar-refractivity contribution in [3.05, 3.63) is 59.2 Å². The van der Waals surface area contributed by atoms with Gasteiger partial charge >= 0.3 is 0 Å². The van der Waals surface area contributed by atoms with E-state index in [2.05, 4.69) is 0 Å². The maximum atomic E-state index is 12.0. The van der Waals surface area contributed by atoms with Crippen LogP contribution >= 0.6 is 0 Å². The first-order valence-electron chi connectivity index (χ1n) is 8.80. The van der Waals surface area contributed by atoms with E-state index >= 15 is 0 Å². The SMILES string of the molecule is COc1cc(CN2C[C@H](C(=O)[O-])CC2=O)ccc1OCc1ccc(C)cc1. The first kappa shape index (κ1) is 18.8. The van der Waals surface area contributed by atoms with Crippen molar-refractivity contribution in [1.82, 2.24) is 4.90 Å². The molecule has 2 aromatic rings. The highest BCUT2D eigenvalue weighted by molar-refractivity contribution is 5.85. The summed E-state index contributed by atoms with van der Waals surface area (Å²) in [7, 11) is 1.56. The van der Waals surface area contributed by atoms with Crippen molar-refractivity contribution in [1.29, 1.82) is 0 Å². The monoisotopic (exact) mass is 368 g/mol. The van der Waals surface area contributed by atoms with E-state index in [4.69, 9.17) is 9.47 Å². The van der Waals surface area contributed by atoms with Gasteiger partial charge in [-0.1, -0.05) is 35.9 Å². The number of aliphatic carboxylic acids is 1. The summed E-state index contributed by atoms with van der Waals surface area (Å²) in [6.07, 6.45) is -0.00277. The molecule has 3 rings (SSSR count). The Balaban J connectivity index is 1.66. The van der Waals surface area contributed by atoms with Gasteiger partial charge in [0, 0.05) is 31.4 Å². The Hall–Kier alpha value is -3.02. The number of amides is 1. The number of benzene rings is 2. The third-order valence-electron chi connectivity index (χ3n) is 4.66. The zero-order chi connectivity index (χ0) is 19.4. The minimum Gasteiger partial charge on any atom is -0.550 e. The van der Waals surface area contributed by atoms with Gasteiger partial charge in [-0.05, 0) is 30.2 Å². The number of carbonyl (C=O) groups excluding carboxylic acids is 2. The van der Waals surface area contributed by atoms with E-state index < -0.39 is 11.9 Å². The lowest BCUT2D eigenvalue weighted by Gasteiger charge is -2.18. The predicted octanol–water partition coefficient (Wildman–Crippen LogP) is 1.68. The average molecular weight is 368 g/mol. The van der Waals surface area contributed by atoms with Crippen LogP contribution in [0.25, 0.3) is 0 Å². The van der Waals surface area contributed by atoms with Crippen LogP contribution in [0.2, 0.25) is 0 Å². The van der Waals surface area contributed by atoms with E-state index in [9.17, 15) is 14.7 Å². The van der Waals surface area contributed by atoms with Crippen molar-refractivity contribution in [3.63, 3.8) is 0 Å². The minimum atomic E-state index is -1.18. The molecule has 0 radical (unpaired) electrons.